The van der Waals surface area contributed by atoms with Crippen molar-refractivity contribution in [2.24, 2.45) is 5.73 Å². The summed E-state index contributed by atoms with van der Waals surface area (Å²) in [6.45, 7) is 9.88. The van der Waals surface area contributed by atoms with Gasteiger partial charge in [-0.05, 0) is 48.8 Å². The molecule has 2 heteroatoms. The summed E-state index contributed by atoms with van der Waals surface area (Å²) in [7, 11) is 0. The van der Waals surface area contributed by atoms with Crippen LogP contribution in [-0.4, -0.2) is 0 Å². The lowest BCUT2D eigenvalue weighted by Gasteiger charge is -2.08. The monoisotopic (exact) mass is 243 g/mol. The fourth-order valence-corrected chi connectivity index (χ4v) is 1.41. The van der Waals surface area contributed by atoms with Crippen molar-refractivity contribution in [2.75, 3.05) is 0 Å². The van der Waals surface area contributed by atoms with E-state index in [4.69, 9.17) is 10.5 Å². The molecule has 2 N–H and O–H groups in total. The molecule has 1 aromatic carbocycles. The van der Waals surface area contributed by atoms with E-state index < -0.39 is 0 Å². The van der Waals surface area contributed by atoms with Crippen LogP contribution >= 0.6 is 0 Å². The maximum atomic E-state index is 5.69. The van der Waals surface area contributed by atoms with Crippen molar-refractivity contribution in [3.63, 3.8) is 0 Å². The molecule has 0 aromatic heterocycles. The Hall–Kier alpha value is -1.96. The highest BCUT2D eigenvalue weighted by Crippen LogP contribution is 2.20. The fourth-order valence-electron chi connectivity index (χ4n) is 1.41. The molecule has 0 aliphatic rings. The Morgan fingerprint density at radius 1 is 1.22 bits per heavy atom. The molecule has 1 aromatic rings. The number of benzene rings is 1. The van der Waals surface area contributed by atoms with Gasteiger partial charge in [0.25, 0.3) is 0 Å². The molecule has 0 amide bonds. The van der Waals surface area contributed by atoms with Gasteiger partial charge in [-0.15, -0.1) is 0 Å². The SMILES string of the molecule is C=C/C(=C\C=C(/C)N)Oc1ccc(C(C)C)cc1. The molecule has 0 bridgehead atoms. The minimum atomic E-state index is 0.524. The first-order chi connectivity index (χ1) is 8.52. The first-order valence-electron chi connectivity index (χ1n) is 6.07. The molecule has 0 heterocycles. The van der Waals surface area contributed by atoms with Crippen LogP contribution in [0, 0.1) is 0 Å². The molecule has 2 nitrogen and oxygen atoms in total. The predicted molar refractivity (Wildman–Crippen MR) is 77.4 cm³/mol. The second kappa shape index (κ2) is 6.70. The Balaban J connectivity index is 2.80. The average Bonchev–Trinajstić information content (AvgIpc) is 2.34. The van der Waals surface area contributed by atoms with Crippen LogP contribution in [0.3, 0.4) is 0 Å². The zero-order valence-electron chi connectivity index (χ0n) is 11.3. The van der Waals surface area contributed by atoms with Crippen molar-refractivity contribution in [1.82, 2.24) is 0 Å². The van der Waals surface area contributed by atoms with Crippen LogP contribution in [0.5, 0.6) is 5.75 Å². The van der Waals surface area contributed by atoms with Crippen LogP contribution in [0.4, 0.5) is 0 Å². The number of allylic oxidation sites excluding steroid dienone is 4. The first-order valence-corrected chi connectivity index (χ1v) is 6.07. The van der Waals surface area contributed by atoms with E-state index in [-0.39, 0.29) is 0 Å². The van der Waals surface area contributed by atoms with Crippen LogP contribution in [0.25, 0.3) is 0 Å². The summed E-state index contributed by atoms with van der Waals surface area (Å²) in [5.74, 6) is 2.00. The van der Waals surface area contributed by atoms with E-state index in [2.05, 4.69) is 32.6 Å². The Bertz CT molecular complexity index is 448. The van der Waals surface area contributed by atoms with Gasteiger partial charge in [0.1, 0.15) is 11.5 Å². The third-order valence-corrected chi connectivity index (χ3v) is 2.49. The van der Waals surface area contributed by atoms with Crippen LogP contribution in [0.2, 0.25) is 0 Å². The molecule has 96 valence electrons. The van der Waals surface area contributed by atoms with E-state index in [1.54, 1.807) is 18.2 Å². The van der Waals surface area contributed by atoms with E-state index in [9.17, 15) is 0 Å². The highest BCUT2D eigenvalue weighted by atomic mass is 16.5. The zero-order chi connectivity index (χ0) is 13.5. The van der Waals surface area contributed by atoms with Gasteiger partial charge >= 0.3 is 0 Å². The van der Waals surface area contributed by atoms with Gasteiger partial charge in [-0.3, -0.25) is 0 Å². The lowest BCUT2D eigenvalue weighted by molar-refractivity contribution is 0.444. The number of hydrogen-bond donors (Lipinski definition) is 1. The van der Waals surface area contributed by atoms with Crippen molar-refractivity contribution < 1.29 is 4.74 Å². The number of rotatable bonds is 5. The minimum absolute atomic E-state index is 0.524. The van der Waals surface area contributed by atoms with Crippen molar-refractivity contribution in [3.8, 4) is 5.75 Å². The maximum Gasteiger partial charge on any atom is 0.127 e. The molecule has 0 spiro atoms. The minimum Gasteiger partial charge on any atom is -0.457 e. The van der Waals surface area contributed by atoms with Gasteiger partial charge in [-0.25, -0.2) is 0 Å². The topological polar surface area (TPSA) is 35.2 Å². The molecule has 1 rings (SSSR count). The average molecular weight is 243 g/mol. The Morgan fingerprint density at radius 3 is 2.28 bits per heavy atom. The third kappa shape index (κ3) is 4.50. The number of hydrogen-bond acceptors (Lipinski definition) is 2. The second-order valence-electron chi connectivity index (χ2n) is 4.51. The van der Waals surface area contributed by atoms with E-state index >= 15 is 0 Å². The van der Waals surface area contributed by atoms with E-state index in [1.807, 2.05) is 19.1 Å². The normalized spacial score (nSPS) is 12.7. The van der Waals surface area contributed by atoms with Crippen LogP contribution < -0.4 is 10.5 Å². The summed E-state index contributed by atoms with van der Waals surface area (Å²) in [5, 5.41) is 0. The summed E-state index contributed by atoms with van der Waals surface area (Å²) in [6.07, 6.45) is 5.26. The van der Waals surface area contributed by atoms with Crippen molar-refractivity contribution in [1.29, 1.82) is 0 Å². The molecular weight excluding hydrogens is 222 g/mol. The highest BCUT2D eigenvalue weighted by Gasteiger charge is 2.00. The number of ether oxygens (including phenoxy) is 1. The zero-order valence-corrected chi connectivity index (χ0v) is 11.3. The lowest BCUT2D eigenvalue weighted by Crippen LogP contribution is -1.94. The predicted octanol–water partition coefficient (Wildman–Crippen LogP) is 4.12. The molecule has 0 radical (unpaired) electrons. The van der Waals surface area contributed by atoms with Gasteiger partial charge in [-0.2, -0.15) is 0 Å². The van der Waals surface area contributed by atoms with Crippen LogP contribution in [0.15, 0.2) is 60.5 Å². The molecule has 0 fully saturated rings. The van der Waals surface area contributed by atoms with Crippen LogP contribution in [0.1, 0.15) is 32.3 Å². The Morgan fingerprint density at radius 2 is 1.83 bits per heavy atom. The maximum absolute atomic E-state index is 5.69. The molecule has 0 unspecified atom stereocenters. The summed E-state index contributed by atoms with van der Waals surface area (Å²) in [6, 6.07) is 8.08. The van der Waals surface area contributed by atoms with Gasteiger partial charge in [0.2, 0.25) is 0 Å². The van der Waals surface area contributed by atoms with Crippen molar-refractivity contribution in [2.45, 2.75) is 26.7 Å². The first kappa shape index (κ1) is 14.1. The van der Waals surface area contributed by atoms with Gasteiger partial charge < -0.3 is 10.5 Å². The second-order valence-corrected chi connectivity index (χ2v) is 4.51. The third-order valence-electron chi connectivity index (χ3n) is 2.49. The van der Waals surface area contributed by atoms with E-state index in [0.29, 0.717) is 11.7 Å². The fraction of sp³-hybridized carbons (Fsp3) is 0.250. The van der Waals surface area contributed by atoms with Gasteiger partial charge in [0, 0.05) is 5.70 Å². The summed E-state index contributed by atoms with van der Waals surface area (Å²) in [4.78, 5) is 0. The van der Waals surface area contributed by atoms with Crippen LogP contribution in [-0.2, 0) is 0 Å². The van der Waals surface area contributed by atoms with Gasteiger partial charge in [0.05, 0.1) is 0 Å². The summed E-state index contributed by atoms with van der Waals surface area (Å²) < 4.78 is 5.69. The van der Waals surface area contributed by atoms with E-state index in [1.165, 1.54) is 5.56 Å². The molecule has 0 saturated heterocycles. The molecule has 0 saturated carbocycles. The smallest absolute Gasteiger partial charge is 0.127 e. The van der Waals surface area contributed by atoms with Gasteiger partial charge in [0.15, 0.2) is 0 Å². The lowest BCUT2D eigenvalue weighted by atomic mass is 10.0. The van der Waals surface area contributed by atoms with Crippen molar-refractivity contribution in [3.05, 3.63) is 66.1 Å². The highest BCUT2D eigenvalue weighted by molar-refractivity contribution is 5.32. The molecular formula is C16H21NO. The molecule has 0 aliphatic carbocycles. The standard InChI is InChI=1S/C16H21NO/c1-5-15(9-6-13(4)17)18-16-10-7-14(8-11-16)12(2)3/h5-12H,1,17H2,2-4H3/b13-6+,15-9+. The Labute approximate surface area is 109 Å². The summed E-state index contributed by atoms with van der Waals surface area (Å²) >= 11 is 0. The molecule has 18 heavy (non-hydrogen) atoms. The number of nitrogens with two attached hydrogens (primary N) is 1. The largest absolute Gasteiger partial charge is 0.457 e. The van der Waals surface area contributed by atoms with E-state index in [0.717, 1.165) is 11.4 Å². The van der Waals surface area contributed by atoms with Gasteiger partial charge in [-0.1, -0.05) is 32.6 Å². The summed E-state index contributed by atoms with van der Waals surface area (Å²) in [5.41, 5.74) is 7.59. The molecule has 0 atom stereocenters. The quantitative estimate of drug-likeness (QED) is 0.623. The molecule has 0 aliphatic heterocycles. The van der Waals surface area contributed by atoms with Crippen molar-refractivity contribution >= 4 is 0 Å². The Kier molecular flexibility index (Phi) is 5.25.